The minimum Gasteiger partial charge on any atom is -0.329 e. The number of hydrogen-bond donors (Lipinski definition) is 1. The Hall–Kier alpha value is -1.05. The van der Waals surface area contributed by atoms with Gasteiger partial charge in [0.15, 0.2) is 0 Å². The molecule has 0 spiro atoms. The van der Waals surface area contributed by atoms with E-state index in [2.05, 4.69) is 11.9 Å². The summed E-state index contributed by atoms with van der Waals surface area (Å²) in [6.45, 7) is 8.98. The lowest BCUT2D eigenvalue weighted by molar-refractivity contribution is -0.116. The van der Waals surface area contributed by atoms with E-state index in [1.165, 1.54) is 6.20 Å². The van der Waals surface area contributed by atoms with Gasteiger partial charge in [0.25, 0.3) is 5.91 Å². The van der Waals surface area contributed by atoms with E-state index in [1.54, 1.807) is 6.92 Å². The molecule has 0 saturated heterocycles. The van der Waals surface area contributed by atoms with Crippen molar-refractivity contribution in [2.45, 2.75) is 20.8 Å². The summed E-state index contributed by atoms with van der Waals surface area (Å²) in [5.41, 5.74) is 1.78. The smallest absolute Gasteiger partial charge is 0.250 e. The summed E-state index contributed by atoms with van der Waals surface area (Å²) in [5.74, 6) is -0.0741. The highest BCUT2D eigenvalue weighted by Crippen LogP contribution is 2.00. The Morgan fingerprint density at radius 3 is 2.20 bits per heavy atom. The van der Waals surface area contributed by atoms with Crippen LogP contribution in [0, 0.1) is 0 Å². The maximum atomic E-state index is 10.9. The molecule has 0 radical (unpaired) electrons. The third-order valence-electron chi connectivity index (χ3n) is 1.32. The molecular weight excluding hydrogens is 126 g/mol. The zero-order chi connectivity index (χ0) is 8.15. The quantitative estimate of drug-likeness (QED) is 0.578. The summed E-state index contributed by atoms with van der Waals surface area (Å²) in [5, 5.41) is 2.49. The van der Waals surface area contributed by atoms with Crippen LogP contribution in [0.5, 0.6) is 0 Å². The van der Waals surface area contributed by atoms with Crippen molar-refractivity contribution in [1.29, 1.82) is 0 Å². The molecule has 1 N–H and O–H groups in total. The van der Waals surface area contributed by atoms with Gasteiger partial charge in [-0.05, 0) is 27.0 Å². The van der Waals surface area contributed by atoms with Crippen LogP contribution in [0.25, 0.3) is 0 Å². The number of amides is 1. The predicted octanol–water partition coefficient (Wildman–Crippen LogP) is 1.60. The van der Waals surface area contributed by atoms with E-state index in [9.17, 15) is 4.79 Å². The minimum atomic E-state index is -0.0741. The zero-order valence-electron chi connectivity index (χ0n) is 6.69. The second kappa shape index (κ2) is 3.88. The molecule has 0 aliphatic rings. The molecule has 0 aromatic heterocycles. The Morgan fingerprint density at radius 1 is 1.40 bits per heavy atom. The van der Waals surface area contributed by atoms with Crippen LogP contribution >= 0.6 is 0 Å². The zero-order valence-corrected chi connectivity index (χ0v) is 6.69. The molecule has 0 bridgehead atoms. The lowest BCUT2D eigenvalue weighted by atomic mass is 10.2. The Kier molecular flexibility index (Phi) is 3.47. The first-order chi connectivity index (χ1) is 4.59. The van der Waals surface area contributed by atoms with Crippen molar-refractivity contribution < 1.29 is 4.79 Å². The summed E-state index contributed by atoms with van der Waals surface area (Å²) in [4.78, 5) is 10.9. The van der Waals surface area contributed by atoms with Crippen LogP contribution in [-0.4, -0.2) is 5.91 Å². The van der Waals surface area contributed by atoms with E-state index in [1.807, 2.05) is 13.8 Å². The molecule has 56 valence electrons. The van der Waals surface area contributed by atoms with Crippen molar-refractivity contribution in [3.05, 3.63) is 23.9 Å². The number of rotatable bonds is 2. The van der Waals surface area contributed by atoms with Crippen molar-refractivity contribution in [2.24, 2.45) is 0 Å². The standard InChI is InChI=1S/C8H13NO/c1-5-9-8(10)7(4)6(2)3/h5H,1H2,2-4H3,(H,9,10). The van der Waals surface area contributed by atoms with Crippen molar-refractivity contribution in [3.63, 3.8) is 0 Å². The molecule has 10 heavy (non-hydrogen) atoms. The van der Waals surface area contributed by atoms with E-state index in [-0.39, 0.29) is 5.91 Å². The molecule has 0 atom stereocenters. The number of allylic oxidation sites excluding steroid dienone is 1. The van der Waals surface area contributed by atoms with Crippen LogP contribution in [0.15, 0.2) is 23.9 Å². The molecule has 1 amide bonds. The van der Waals surface area contributed by atoms with Gasteiger partial charge in [0.1, 0.15) is 0 Å². The average molecular weight is 139 g/mol. The van der Waals surface area contributed by atoms with Gasteiger partial charge in [-0.15, -0.1) is 0 Å². The molecule has 0 fully saturated rings. The van der Waals surface area contributed by atoms with E-state index in [0.717, 1.165) is 11.1 Å². The molecule has 0 saturated carbocycles. The first kappa shape index (κ1) is 8.95. The van der Waals surface area contributed by atoms with Gasteiger partial charge in [-0.3, -0.25) is 4.79 Å². The monoisotopic (exact) mass is 139 g/mol. The molecule has 2 nitrogen and oxygen atoms in total. The second-order valence-electron chi connectivity index (χ2n) is 2.30. The number of carbonyl (C=O) groups excluding carboxylic acids is 1. The molecule has 0 aromatic carbocycles. The highest BCUT2D eigenvalue weighted by Gasteiger charge is 2.01. The topological polar surface area (TPSA) is 29.1 Å². The summed E-state index contributed by atoms with van der Waals surface area (Å²) in [7, 11) is 0. The van der Waals surface area contributed by atoms with Crippen LogP contribution in [0.2, 0.25) is 0 Å². The third-order valence-corrected chi connectivity index (χ3v) is 1.32. The van der Waals surface area contributed by atoms with Gasteiger partial charge in [-0.2, -0.15) is 0 Å². The lowest BCUT2D eigenvalue weighted by Crippen LogP contribution is -2.17. The minimum absolute atomic E-state index is 0.0741. The molecule has 0 aromatic rings. The van der Waals surface area contributed by atoms with E-state index in [4.69, 9.17) is 0 Å². The fraction of sp³-hybridized carbons (Fsp3) is 0.375. The van der Waals surface area contributed by atoms with Gasteiger partial charge >= 0.3 is 0 Å². The van der Waals surface area contributed by atoms with E-state index < -0.39 is 0 Å². The van der Waals surface area contributed by atoms with Crippen LogP contribution < -0.4 is 5.32 Å². The number of hydrogen-bond acceptors (Lipinski definition) is 1. The van der Waals surface area contributed by atoms with Crippen molar-refractivity contribution >= 4 is 5.91 Å². The summed E-state index contributed by atoms with van der Waals surface area (Å²) < 4.78 is 0. The summed E-state index contributed by atoms with van der Waals surface area (Å²) in [6.07, 6.45) is 1.38. The summed E-state index contributed by atoms with van der Waals surface area (Å²) >= 11 is 0. The highest BCUT2D eigenvalue weighted by atomic mass is 16.1. The molecule has 0 unspecified atom stereocenters. The largest absolute Gasteiger partial charge is 0.329 e. The predicted molar refractivity (Wildman–Crippen MR) is 42.4 cm³/mol. The highest BCUT2D eigenvalue weighted by molar-refractivity contribution is 5.93. The Morgan fingerprint density at radius 2 is 1.90 bits per heavy atom. The van der Waals surface area contributed by atoms with Crippen molar-refractivity contribution in [2.75, 3.05) is 0 Å². The first-order valence-corrected chi connectivity index (χ1v) is 3.15. The van der Waals surface area contributed by atoms with Gasteiger partial charge < -0.3 is 5.32 Å². The average Bonchev–Trinajstić information content (AvgIpc) is 1.87. The molecular formula is C8H13NO. The summed E-state index contributed by atoms with van der Waals surface area (Å²) in [6, 6.07) is 0. The first-order valence-electron chi connectivity index (χ1n) is 3.15. The van der Waals surface area contributed by atoms with Crippen LogP contribution in [0.4, 0.5) is 0 Å². The Bertz CT molecular complexity index is 176. The molecule has 0 aliphatic carbocycles. The van der Waals surface area contributed by atoms with Crippen LogP contribution in [0.1, 0.15) is 20.8 Å². The van der Waals surface area contributed by atoms with Gasteiger partial charge in [0.2, 0.25) is 0 Å². The maximum Gasteiger partial charge on any atom is 0.250 e. The Labute approximate surface area is 61.6 Å². The SMILES string of the molecule is C=CNC(=O)C(C)=C(C)C. The Balaban J connectivity index is 4.22. The van der Waals surface area contributed by atoms with E-state index >= 15 is 0 Å². The number of carbonyl (C=O) groups is 1. The molecule has 0 rings (SSSR count). The van der Waals surface area contributed by atoms with Crippen LogP contribution in [-0.2, 0) is 4.79 Å². The normalized spacial score (nSPS) is 8.30. The molecule has 2 heteroatoms. The molecule has 0 heterocycles. The lowest BCUT2D eigenvalue weighted by Gasteiger charge is -2.00. The molecule has 0 aliphatic heterocycles. The van der Waals surface area contributed by atoms with Crippen molar-refractivity contribution in [1.82, 2.24) is 5.32 Å². The van der Waals surface area contributed by atoms with Gasteiger partial charge in [0, 0.05) is 5.57 Å². The second-order valence-corrected chi connectivity index (χ2v) is 2.30. The van der Waals surface area contributed by atoms with E-state index in [0.29, 0.717) is 0 Å². The van der Waals surface area contributed by atoms with Crippen molar-refractivity contribution in [3.8, 4) is 0 Å². The fourth-order valence-corrected chi connectivity index (χ4v) is 0.428. The number of nitrogens with one attached hydrogen (secondary N) is 1. The van der Waals surface area contributed by atoms with Gasteiger partial charge in [-0.25, -0.2) is 0 Å². The van der Waals surface area contributed by atoms with Gasteiger partial charge in [-0.1, -0.05) is 12.2 Å². The van der Waals surface area contributed by atoms with Gasteiger partial charge in [0.05, 0.1) is 0 Å². The third kappa shape index (κ3) is 2.49. The maximum absolute atomic E-state index is 10.9. The fourth-order valence-electron chi connectivity index (χ4n) is 0.428. The van der Waals surface area contributed by atoms with Crippen LogP contribution in [0.3, 0.4) is 0 Å².